The van der Waals surface area contributed by atoms with E-state index in [4.69, 9.17) is 0 Å². The minimum atomic E-state index is 0.302. The Morgan fingerprint density at radius 3 is 2.61 bits per heavy atom. The van der Waals surface area contributed by atoms with Crippen LogP contribution >= 0.6 is 0 Å². The van der Waals surface area contributed by atoms with Crippen molar-refractivity contribution >= 4 is 5.78 Å². The van der Waals surface area contributed by atoms with Crippen LogP contribution in [0.1, 0.15) is 79.1 Å². The van der Waals surface area contributed by atoms with Crippen molar-refractivity contribution in [3.63, 3.8) is 0 Å². The van der Waals surface area contributed by atoms with Gasteiger partial charge in [0.15, 0.2) is 0 Å². The van der Waals surface area contributed by atoms with E-state index in [1.54, 1.807) is 5.57 Å². The molecule has 0 aromatic carbocycles. The van der Waals surface area contributed by atoms with Gasteiger partial charge in [-0.2, -0.15) is 0 Å². The van der Waals surface area contributed by atoms with Crippen molar-refractivity contribution in [3.8, 4) is 0 Å². The van der Waals surface area contributed by atoms with Gasteiger partial charge in [-0.05, 0) is 92.8 Å². The molecule has 4 unspecified atom stereocenters. The number of rotatable bonds is 1. The first-order valence-corrected chi connectivity index (χ1v) is 10.1. The predicted molar refractivity (Wildman–Crippen MR) is 95.0 cm³/mol. The summed E-state index contributed by atoms with van der Waals surface area (Å²) in [6, 6.07) is 0. The van der Waals surface area contributed by atoms with E-state index in [-0.39, 0.29) is 0 Å². The highest BCUT2D eigenvalue weighted by molar-refractivity contribution is 5.79. The van der Waals surface area contributed by atoms with Crippen molar-refractivity contribution in [1.82, 2.24) is 0 Å². The lowest BCUT2D eigenvalue weighted by Crippen LogP contribution is -2.50. The quantitative estimate of drug-likeness (QED) is 0.560. The van der Waals surface area contributed by atoms with Crippen LogP contribution < -0.4 is 0 Å². The van der Waals surface area contributed by atoms with E-state index < -0.39 is 0 Å². The van der Waals surface area contributed by atoms with Crippen LogP contribution in [0.4, 0.5) is 0 Å². The summed E-state index contributed by atoms with van der Waals surface area (Å²) in [7, 11) is 0. The maximum absolute atomic E-state index is 12.2. The van der Waals surface area contributed by atoms with Gasteiger partial charge < -0.3 is 0 Å². The molecule has 3 saturated carbocycles. The highest BCUT2D eigenvalue weighted by atomic mass is 16.1. The Balaban J connectivity index is 1.66. The largest absolute Gasteiger partial charge is 0.300 e. The summed E-state index contributed by atoms with van der Waals surface area (Å²) in [5, 5.41) is 0. The van der Waals surface area contributed by atoms with Crippen molar-refractivity contribution in [3.05, 3.63) is 11.6 Å². The number of allylic oxidation sites excluding steroid dienone is 2. The fourth-order valence-corrected chi connectivity index (χ4v) is 7.51. The summed E-state index contributed by atoms with van der Waals surface area (Å²) in [5.74, 6) is 4.22. The molecule has 4 aliphatic carbocycles. The Kier molecular flexibility index (Phi) is 3.60. The second-order valence-electron chi connectivity index (χ2n) is 9.89. The number of fused-ring (bicyclic) bond motifs is 5. The third-order valence-electron chi connectivity index (χ3n) is 8.84. The number of ketones is 1. The number of carbonyl (C=O) groups is 1. The fourth-order valence-electron chi connectivity index (χ4n) is 7.51. The minimum Gasteiger partial charge on any atom is -0.300 e. The summed E-state index contributed by atoms with van der Waals surface area (Å²) in [6.45, 7) is 9.31. The Labute approximate surface area is 142 Å². The van der Waals surface area contributed by atoms with E-state index in [0.29, 0.717) is 22.5 Å². The molecule has 1 heteroatoms. The summed E-state index contributed by atoms with van der Waals surface area (Å²) < 4.78 is 0. The van der Waals surface area contributed by atoms with Gasteiger partial charge in [-0.1, -0.05) is 32.4 Å². The molecule has 1 nitrogen and oxygen atoms in total. The Bertz CT molecular complexity index is 546. The topological polar surface area (TPSA) is 17.1 Å². The summed E-state index contributed by atoms with van der Waals surface area (Å²) >= 11 is 0. The molecule has 0 N–H and O–H groups in total. The molecule has 7 atom stereocenters. The molecule has 0 bridgehead atoms. The van der Waals surface area contributed by atoms with Gasteiger partial charge in [-0.3, -0.25) is 4.79 Å². The second-order valence-corrected chi connectivity index (χ2v) is 9.89. The van der Waals surface area contributed by atoms with Gasteiger partial charge in [-0.25, -0.2) is 0 Å². The zero-order valence-electron chi connectivity index (χ0n) is 15.5. The Morgan fingerprint density at radius 2 is 1.87 bits per heavy atom. The van der Waals surface area contributed by atoms with Crippen LogP contribution in [-0.4, -0.2) is 5.78 Å². The SMILES string of the molecule is CC(=O)[C@H]1CCC2C3CC=C4CC(C)CC[C@]4(C)C3CC[C@@]21C. The van der Waals surface area contributed by atoms with Crippen LogP contribution in [0.25, 0.3) is 0 Å². The molecule has 0 aromatic rings. The van der Waals surface area contributed by atoms with Crippen LogP contribution in [0, 0.1) is 40.4 Å². The molecule has 0 aromatic heterocycles. The molecule has 4 rings (SSSR count). The molecule has 0 radical (unpaired) electrons. The molecule has 0 heterocycles. The Hall–Kier alpha value is -0.590. The van der Waals surface area contributed by atoms with Gasteiger partial charge >= 0.3 is 0 Å². The number of Topliss-reactive ketones (excluding diaryl/α,β-unsaturated/α-hetero) is 1. The Morgan fingerprint density at radius 1 is 1.09 bits per heavy atom. The maximum Gasteiger partial charge on any atom is 0.133 e. The fraction of sp³-hybridized carbons (Fsp3) is 0.864. The molecular weight excluding hydrogens is 280 g/mol. The van der Waals surface area contributed by atoms with Crippen molar-refractivity contribution in [2.75, 3.05) is 0 Å². The third kappa shape index (κ3) is 2.14. The maximum atomic E-state index is 12.2. The van der Waals surface area contributed by atoms with Crippen molar-refractivity contribution in [1.29, 1.82) is 0 Å². The highest BCUT2D eigenvalue weighted by Crippen LogP contribution is 2.66. The standard InChI is InChI=1S/C22H34O/c1-14-9-11-21(3)16(13-14)5-6-17-19-8-7-18(15(2)23)22(19,4)12-10-20(17)21/h5,14,17-20H,6-13H2,1-4H3/t14?,17?,18-,19?,20?,21+,22-/m1/s1. The van der Waals surface area contributed by atoms with Crippen LogP contribution in [0.3, 0.4) is 0 Å². The van der Waals surface area contributed by atoms with E-state index in [2.05, 4.69) is 26.8 Å². The lowest BCUT2D eigenvalue weighted by Gasteiger charge is -2.58. The normalized spacial score (nSPS) is 52.2. The number of hydrogen-bond donors (Lipinski definition) is 0. The van der Waals surface area contributed by atoms with Crippen molar-refractivity contribution in [2.45, 2.75) is 79.1 Å². The summed E-state index contributed by atoms with van der Waals surface area (Å²) in [6.07, 6.45) is 13.2. The van der Waals surface area contributed by atoms with E-state index >= 15 is 0 Å². The predicted octanol–water partition coefficient (Wildman–Crippen LogP) is 5.79. The van der Waals surface area contributed by atoms with Gasteiger partial charge in [0, 0.05) is 5.92 Å². The van der Waals surface area contributed by atoms with Crippen LogP contribution in [0.5, 0.6) is 0 Å². The molecule has 3 fully saturated rings. The van der Waals surface area contributed by atoms with Crippen LogP contribution in [0.2, 0.25) is 0 Å². The first-order valence-electron chi connectivity index (χ1n) is 10.1. The van der Waals surface area contributed by atoms with Crippen molar-refractivity contribution in [2.24, 2.45) is 40.4 Å². The van der Waals surface area contributed by atoms with Gasteiger partial charge in [-0.15, -0.1) is 0 Å². The molecular formula is C22H34O. The lowest BCUT2D eigenvalue weighted by molar-refractivity contribution is -0.127. The van der Waals surface area contributed by atoms with E-state index in [1.807, 2.05) is 6.92 Å². The van der Waals surface area contributed by atoms with Gasteiger partial charge in [0.05, 0.1) is 0 Å². The zero-order valence-corrected chi connectivity index (χ0v) is 15.5. The van der Waals surface area contributed by atoms with Crippen molar-refractivity contribution < 1.29 is 4.79 Å². The number of carbonyl (C=O) groups excluding carboxylic acids is 1. The van der Waals surface area contributed by atoms with Gasteiger partial charge in [0.2, 0.25) is 0 Å². The molecule has 0 amide bonds. The summed E-state index contributed by atoms with van der Waals surface area (Å²) in [5.41, 5.74) is 2.57. The third-order valence-corrected chi connectivity index (χ3v) is 8.84. The zero-order chi connectivity index (χ0) is 16.4. The van der Waals surface area contributed by atoms with E-state index in [1.165, 1.54) is 44.9 Å². The van der Waals surface area contributed by atoms with E-state index in [9.17, 15) is 4.79 Å². The van der Waals surface area contributed by atoms with E-state index in [0.717, 1.165) is 30.1 Å². The molecule has 4 aliphatic rings. The highest BCUT2D eigenvalue weighted by Gasteiger charge is 2.59. The monoisotopic (exact) mass is 314 g/mol. The second kappa shape index (κ2) is 5.20. The van der Waals surface area contributed by atoms with Crippen LogP contribution in [-0.2, 0) is 4.79 Å². The molecule has 0 saturated heterocycles. The van der Waals surface area contributed by atoms with Crippen LogP contribution in [0.15, 0.2) is 11.6 Å². The van der Waals surface area contributed by atoms with Gasteiger partial charge in [0.1, 0.15) is 5.78 Å². The molecule has 128 valence electrons. The minimum absolute atomic E-state index is 0.302. The number of hydrogen-bond acceptors (Lipinski definition) is 1. The molecule has 23 heavy (non-hydrogen) atoms. The van der Waals surface area contributed by atoms with Gasteiger partial charge in [0.25, 0.3) is 0 Å². The smallest absolute Gasteiger partial charge is 0.133 e. The lowest BCUT2D eigenvalue weighted by atomic mass is 9.47. The molecule has 0 aliphatic heterocycles. The summed E-state index contributed by atoms with van der Waals surface area (Å²) in [4.78, 5) is 12.2. The average molecular weight is 315 g/mol. The first-order chi connectivity index (χ1) is 10.9. The molecule has 0 spiro atoms. The average Bonchev–Trinajstić information content (AvgIpc) is 2.85. The first kappa shape index (κ1) is 15.9.